The standard InChI is InChI=1S/C17H23NO3/c1-2-17(19)14-21-12-4-11-20-10-3-5-15-6-8-16(13-18)9-7-15/h6-9H,2,4,10-14,18H2,1H3. The van der Waals surface area contributed by atoms with E-state index < -0.39 is 0 Å². The van der Waals surface area contributed by atoms with Crippen LogP contribution in [0.1, 0.15) is 30.9 Å². The third-order valence-corrected chi connectivity index (χ3v) is 2.83. The van der Waals surface area contributed by atoms with E-state index in [0.29, 0.717) is 32.8 Å². The summed E-state index contributed by atoms with van der Waals surface area (Å²) < 4.78 is 10.6. The van der Waals surface area contributed by atoms with Gasteiger partial charge in [0.25, 0.3) is 0 Å². The molecule has 0 heterocycles. The van der Waals surface area contributed by atoms with Crippen molar-refractivity contribution in [2.24, 2.45) is 5.73 Å². The molecular weight excluding hydrogens is 266 g/mol. The second kappa shape index (κ2) is 11.0. The predicted molar refractivity (Wildman–Crippen MR) is 82.8 cm³/mol. The summed E-state index contributed by atoms with van der Waals surface area (Å²) >= 11 is 0. The van der Waals surface area contributed by atoms with Gasteiger partial charge in [0.15, 0.2) is 5.78 Å². The van der Waals surface area contributed by atoms with E-state index in [1.165, 1.54) is 0 Å². The molecule has 21 heavy (non-hydrogen) atoms. The van der Waals surface area contributed by atoms with Crippen LogP contribution >= 0.6 is 0 Å². The first-order valence-corrected chi connectivity index (χ1v) is 7.21. The summed E-state index contributed by atoms with van der Waals surface area (Å²) in [5.41, 5.74) is 7.58. The molecule has 0 aromatic heterocycles. The minimum atomic E-state index is 0.127. The van der Waals surface area contributed by atoms with Gasteiger partial charge >= 0.3 is 0 Å². The molecule has 4 heteroatoms. The van der Waals surface area contributed by atoms with E-state index in [0.717, 1.165) is 17.5 Å². The molecule has 2 N–H and O–H groups in total. The lowest BCUT2D eigenvalue weighted by atomic mass is 10.1. The first-order valence-electron chi connectivity index (χ1n) is 7.21. The first-order chi connectivity index (χ1) is 10.3. The predicted octanol–water partition coefficient (Wildman–Crippen LogP) is 1.90. The molecule has 0 spiro atoms. The van der Waals surface area contributed by atoms with Gasteiger partial charge in [-0.25, -0.2) is 0 Å². The Morgan fingerprint density at radius 2 is 1.90 bits per heavy atom. The SMILES string of the molecule is CCC(=O)COCCCOCC#Cc1ccc(CN)cc1. The molecule has 1 rings (SSSR count). The summed E-state index contributed by atoms with van der Waals surface area (Å²) in [7, 11) is 0. The Morgan fingerprint density at radius 3 is 2.57 bits per heavy atom. The molecule has 0 fully saturated rings. The summed E-state index contributed by atoms with van der Waals surface area (Å²) in [6.45, 7) is 4.10. The van der Waals surface area contributed by atoms with Crippen molar-refractivity contribution in [3.63, 3.8) is 0 Å². The smallest absolute Gasteiger partial charge is 0.158 e. The zero-order valence-corrected chi connectivity index (χ0v) is 12.6. The van der Waals surface area contributed by atoms with Crippen LogP contribution in [0.25, 0.3) is 0 Å². The van der Waals surface area contributed by atoms with Crippen LogP contribution in [-0.4, -0.2) is 32.2 Å². The van der Waals surface area contributed by atoms with Crippen LogP contribution in [0.2, 0.25) is 0 Å². The number of carbonyl (C=O) groups excluding carboxylic acids is 1. The van der Waals surface area contributed by atoms with Crippen molar-refractivity contribution in [2.45, 2.75) is 26.3 Å². The molecule has 0 aliphatic carbocycles. The average molecular weight is 289 g/mol. The topological polar surface area (TPSA) is 61.5 Å². The molecule has 0 aliphatic rings. The number of ether oxygens (including phenoxy) is 2. The third kappa shape index (κ3) is 8.26. The van der Waals surface area contributed by atoms with Crippen molar-refractivity contribution < 1.29 is 14.3 Å². The van der Waals surface area contributed by atoms with Gasteiger partial charge in [0, 0.05) is 25.1 Å². The highest BCUT2D eigenvalue weighted by atomic mass is 16.5. The van der Waals surface area contributed by atoms with Crippen molar-refractivity contribution in [1.29, 1.82) is 0 Å². The lowest BCUT2D eigenvalue weighted by Gasteiger charge is -2.02. The van der Waals surface area contributed by atoms with E-state index in [1.54, 1.807) is 0 Å². The third-order valence-electron chi connectivity index (χ3n) is 2.83. The summed E-state index contributed by atoms with van der Waals surface area (Å²) in [4.78, 5) is 11.0. The fourth-order valence-electron chi connectivity index (χ4n) is 1.54. The lowest BCUT2D eigenvalue weighted by molar-refractivity contribution is -0.123. The highest BCUT2D eigenvalue weighted by molar-refractivity contribution is 5.79. The number of ketones is 1. The summed E-state index contributed by atoms with van der Waals surface area (Å²) in [5, 5.41) is 0. The highest BCUT2D eigenvalue weighted by Gasteiger charge is 1.97. The monoisotopic (exact) mass is 289 g/mol. The van der Waals surface area contributed by atoms with Crippen molar-refractivity contribution in [2.75, 3.05) is 26.4 Å². The molecule has 0 amide bonds. The second-order valence-corrected chi connectivity index (χ2v) is 4.55. The Balaban J connectivity index is 2.06. The Labute approximate surface area is 126 Å². The number of Topliss-reactive ketones (excluding diaryl/α,β-unsaturated/α-hetero) is 1. The molecule has 0 aliphatic heterocycles. The summed E-state index contributed by atoms with van der Waals surface area (Å²) in [6, 6.07) is 7.85. The van der Waals surface area contributed by atoms with E-state index in [1.807, 2.05) is 31.2 Å². The Hall–Kier alpha value is -1.67. The molecule has 0 bridgehead atoms. The number of benzene rings is 1. The molecule has 0 atom stereocenters. The maximum absolute atomic E-state index is 11.0. The Bertz CT molecular complexity index is 471. The van der Waals surface area contributed by atoms with Crippen LogP contribution < -0.4 is 5.73 Å². The number of carbonyl (C=O) groups is 1. The van der Waals surface area contributed by atoms with Gasteiger partial charge in [-0.15, -0.1) is 0 Å². The van der Waals surface area contributed by atoms with Crippen molar-refractivity contribution >= 4 is 5.78 Å². The van der Waals surface area contributed by atoms with Gasteiger partial charge in [-0.1, -0.05) is 30.9 Å². The van der Waals surface area contributed by atoms with Crippen LogP contribution in [0.15, 0.2) is 24.3 Å². The largest absolute Gasteiger partial charge is 0.374 e. The van der Waals surface area contributed by atoms with E-state index in [-0.39, 0.29) is 12.4 Å². The minimum absolute atomic E-state index is 0.127. The molecule has 1 aromatic carbocycles. The van der Waals surface area contributed by atoms with Crippen LogP contribution in [0.4, 0.5) is 0 Å². The molecular formula is C17H23NO3. The maximum Gasteiger partial charge on any atom is 0.158 e. The molecule has 0 unspecified atom stereocenters. The molecule has 0 saturated heterocycles. The maximum atomic E-state index is 11.0. The van der Waals surface area contributed by atoms with E-state index in [2.05, 4.69) is 11.8 Å². The highest BCUT2D eigenvalue weighted by Crippen LogP contribution is 2.01. The van der Waals surface area contributed by atoms with E-state index >= 15 is 0 Å². The molecule has 1 aromatic rings. The van der Waals surface area contributed by atoms with Crippen molar-refractivity contribution in [3.8, 4) is 11.8 Å². The van der Waals surface area contributed by atoms with Gasteiger partial charge in [0.2, 0.25) is 0 Å². The van der Waals surface area contributed by atoms with Crippen LogP contribution in [-0.2, 0) is 20.8 Å². The van der Waals surface area contributed by atoms with Gasteiger partial charge in [-0.3, -0.25) is 4.79 Å². The molecule has 0 saturated carbocycles. The van der Waals surface area contributed by atoms with Crippen LogP contribution in [0, 0.1) is 11.8 Å². The van der Waals surface area contributed by atoms with Crippen LogP contribution in [0.3, 0.4) is 0 Å². The molecule has 114 valence electrons. The quantitative estimate of drug-likeness (QED) is 0.557. The normalized spacial score (nSPS) is 10.0. The Kier molecular flexibility index (Phi) is 9.14. The fourth-order valence-corrected chi connectivity index (χ4v) is 1.54. The van der Waals surface area contributed by atoms with Gasteiger partial charge in [0.05, 0.1) is 6.61 Å². The van der Waals surface area contributed by atoms with Gasteiger partial charge in [-0.2, -0.15) is 0 Å². The Morgan fingerprint density at radius 1 is 1.19 bits per heavy atom. The summed E-state index contributed by atoms with van der Waals surface area (Å²) in [5.74, 6) is 6.12. The average Bonchev–Trinajstić information content (AvgIpc) is 2.53. The van der Waals surface area contributed by atoms with E-state index in [4.69, 9.17) is 15.2 Å². The van der Waals surface area contributed by atoms with E-state index in [9.17, 15) is 4.79 Å². The summed E-state index contributed by atoms with van der Waals surface area (Å²) in [6.07, 6.45) is 1.29. The molecule has 0 radical (unpaired) electrons. The first kappa shape index (κ1) is 17.4. The van der Waals surface area contributed by atoms with Crippen molar-refractivity contribution in [1.82, 2.24) is 0 Å². The van der Waals surface area contributed by atoms with Crippen molar-refractivity contribution in [3.05, 3.63) is 35.4 Å². The molecule has 4 nitrogen and oxygen atoms in total. The zero-order chi connectivity index (χ0) is 15.3. The number of nitrogens with two attached hydrogens (primary N) is 1. The number of hydrogen-bond acceptors (Lipinski definition) is 4. The van der Waals surface area contributed by atoms with Gasteiger partial charge in [-0.05, 0) is 24.1 Å². The second-order valence-electron chi connectivity index (χ2n) is 4.55. The van der Waals surface area contributed by atoms with Gasteiger partial charge < -0.3 is 15.2 Å². The number of hydrogen-bond donors (Lipinski definition) is 1. The van der Waals surface area contributed by atoms with Gasteiger partial charge in [0.1, 0.15) is 13.2 Å². The van der Waals surface area contributed by atoms with Crippen LogP contribution in [0.5, 0.6) is 0 Å². The minimum Gasteiger partial charge on any atom is -0.374 e. The lowest BCUT2D eigenvalue weighted by Crippen LogP contribution is -2.09. The number of rotatable bonds is 9. The fraction of sp³-hybridized carbons (Fsp3) is 0.471. The zero-order valence-electron chi connectivity index (χ0n) is 12.6.